The third-order valence-corrected chi connectivity index (χ3v) is 3.84. The first-order valence-electron chi connectivity index (χ1n) is 3.38. The molecule has 0 atom stereocenters. The summed E-state index contributed by atoms with van der Waals surface area (Å²) in [6.07, 6.45) is 0. The van der Waals surface area contributed by atoms with Crippen molar-refractivity contribution in [1.82, 2.24) is 0 Å². The Morgan fingerprint density at radius 3 is 1.69 bits per heavy atom. The van der Waals surface area contributed by atoms with Crippen LogP contribution in [0.15, 0.2) is 27.1 Å². The summed E-state index contributed by atoms with van der Waals surface area (Å²) in [5, 5.41) is 0.118. The van der Waals surface area contributed by atoms with Gasteiger partial charge in [-0.25, -0.2) is 0 Å². The van der Waals surface area contributed by atoms with Crippen molar-refractivity contribution in [2.75, 3.05) is 6.66 Å². The molecular formula is C7H9Br2O3P. The molecule has 0 fully saturated rings. The number of hydrogen-bond acceptors (Lipinski definition) is 3. The van der Waals surface area contributed by atoms with E-state index in [1.807, 2.05) is 0 Å². The van der Waals surface area contributed by atoms with E-state index < -0.39 is 7.28 Å². The molecule has 0 amide bonds. The van der Waals surface area contributed by atoms with E-state index in [0.29, 0.717) is 8.95 Å². The van der Waals surface area contributed by atoms with E-state index in [9.17, 15) is 14.7 Å². The summed E-state index contributed by atoms with van der Waals surface area (Å²) >= 11 is 6.37. The van der Waals surface area contributed by atoms with E-state index in [-0.39, 0.29) is 5.30 Å². The first-order valence-corrected chi connectivity index (χ1v) is 7.51. The molecule has 3 N–H and O–H groups in total. The summed E-state index contributed by atoms with van der Waals surface area (Å²) in [7, 11) is -4.62. The van der Waals surface area contributed by atoms with Crippen LogP contribution in [0.25, 0.3) is 0 Å². The van der Waals surface area contributed by atoms with Crippen LogP contribution in [0.5, 0.6) is 0 Å². The van der Waals surface area contributed by atoms with Gasteiger partial charge in [0.25, 0.3) is 0 Å². The zero-order valence-electron chi connectivity index (χ0n) is 6.78. The molecule has 0 aliphatic heterocycles. The number of benzene rings is 1. The molecule has 0 aromatic heterocycles. The Hall–Kier alpha value is 0.490. The Labute approximate surface area is 92.8 Å². The van der Waals surface area contributed by atoms with Crippen molar-refractivity contribution in [2.24, 2.45) is 0 Å². The van der Waals surface area contributed by atoms with E-state index in [4.69, 9.17) is 0 Å². The Bertz CT molecular complexity index is 316. The van der Waals surface area contributed by atoms with Gasteiger partial charge in [0.1, 0.15) is 0 Å². The molecule has 0 radical (unpaired) electrons. The standard InChI is InChI=1S/C7H9Br2O3P/c1-13(10,11,12)7-3-5(8)2-6(9)4-7/h2-4,10-12H,1H3. The van der Waals surface area contributed by atoms with Crippen LogP contribution in [0.3, 0.4) is 0 Å². The average Bonchev–Trinajstić information content (AvgIpc) is 1.80. The molecule has 13 heavy (non-hydrogen) atoms. The van der Waals surface area contributed by atoms with Gasteiger partial charge in [-0.15, -0.1) is 0 Å². The SMILES string of the molecule is CP(O)(O)(O)c1cc(Br)cc(Br)c1. The fraction of sp³-hybridized carbons (Fsp3) is 0.143. The van der Waals surface area contributed by atoms with Crippen LogP contribution in [0.4, 0.5) is 0 Å². The van der Waals surface area contributed by atoms with Crippen LogP contribution in [-0.4, -0.2) is 21.3 Å². The predicted octanol–water partition coefficient (Wildman–Crippen LogP) is 1.74. The second kappa shape index (κ2) is 3.26. The van der Waals surface area contributed by atoms with Gasteiger partial charge in [0.2, 0.25) is 0 Å². The number of rotatable bonds is 1. The van der Waals surface area contributed by atoms with Crippen molar-refractivity contribution in [1.29, 1.82) is 0 Å². The molecule has 74 valence electrons. The maximum atomic E-state index is 9.40. The summed E-state index contributed by atoms with van der Waals surface area (Å²) in [5.41, 5.74) is 0. The van der Waals surface area contributed by atoms with Crippen molar-refractivity contribution < 1.29 is 14.7 Å². The quantitative estimate of drug-likeness (QED) is 0.687. The van der Waals surface area contributed by atoms with Gasteiger partial charge in [-0.2, -0.15) is 0 Å². The monoisotopic (exact) mass is 330 g/mol. The van der Waals surface area contributed by atoms with E-state index in [1.54, 1.807) is 6.07 Å². The van der Waals surface area contributed by atoms with Gasteiger partial charge in [0.05, 0.1) is 0 Å². The van der Waals surface area contributed by atoms with E-state index >= 15 is 0 Å². The molecule has 1 aromatic rings. The van der Waals surface area contributed by atoms with E-state index in [1.165, 1.54) is 12.1 Å². The van der Waals surface area contributed by atoms with Crippen LogP contribution in [0, 0.1) is 0 Å². The first kappa shape index (κ1) is 11.6. The molecule has 6 heteroatoms. The fourth-order valence-corrected chi connectivity index (χ4v) is 3.37. The number of hydrogen-bond donors (Lipinski definition) is 3. The van der Waals surface area contributed by atoms with Crippen LogP contribution in [0.1, 0.15) is 0 Å². The molecule has 0 spiro atoms. The molecule has 0 unspecified atom stereocenters. The van der Waals surface area contributed by atoms with Gasteiger partial charge in [-0.3, -0.25) is 0 Å². The molecule has 0 heterocycles. The van der Waals surface area contributed by atoms with Crippen LogP contribution in [-0.2, 0) is 0 Å². The maximum absolute atomic E-state index is 9.40. The summed E-state index contributed by atoms with van der Waals surface area (Å²) in [6.45, 7) is 1.03. The molecule has 0 saturated heterocycles. The molecule has 0 aliphatic rings. The molecule has 0 saturated carbocycles. The summed E-state index contributed by atoms with van der Waals surface area (Å²) < 4.78 is 1.34. The van der Waals surface area contributed by atoms with Gasteiger partial charge in [0.15, 0.2) is 0 Å². The molecular weight excluding hydrogens is 323 g/mol. The normalized spacial score (nSPS) is 15.1. The second-order valence-corrected chi connectivity index (χ2v) is 8.15. The minimum atomic E-state index is -4.62. The second-order valence-electron chi connectivity index (χ2n) is 3.02. The van der Waals surface area contributed by atoms with E-state index in [0.717, 1.165) is 6.66 Å². The van der Waals surface area contributed by atoms with Crippen molar-refractivity contribution in [3.05, 3.63) is 27.1 Å². The zero-order chi connectivity index (χ0) is 10.3. The first-order chi connectivity index (χ1) is 5.65. The van der Waals surface area contributed by atoms with Crippen LogP contribution < -0.4 is 5.30 Å². The average molecular weight is 332 g/mol. The molecule has 0 bridgehead atoms. The van der Waals surface area contributed by atoms with Crippen LogP contribution >= 0.6 is 39.1 Å². The Kier molecular flexibility index (Phi) is 2.90. The number of halogens is 2. The Balaban J connectivity index is 3.32. The van der Waals surface area contributed by atoms with Gasteiger partial charge >= 0.3 is 92.9 Å². The third-order valence-electron chi connectivity index (χ3n) is 1.45. The van der Waals surface area contributed by atoms with Gasteiger partial charge in [-0.05, 0) is 0 Å². The topological polar surface area (TPSA) is 60.7 Å². The summed E-state index contributed by atoms with van der Waals surface area (Å²) in [4.78, 5) is 28.2. The molecule has 0 aliphatic carbocycles. The Morgan fingerprint density at radius 2 is 1.38 bits per heavy atom. The minimum absolute atomic E-state index is 0.118. The van der Waals surface area contributed by atoms with Gasteiger partial charge in [-0.1, -0.05) is 0 Å². The van der Waals surface area contributed by atoms with Gasteiger partial charge in [0, 0.05) is 0 Å². The van der Waals surface area contributed by atoms with Crippen molar-refractivity contribution in [3.63, 3.8) is 0 Å². The molecule has 3 nitrogen and oxygen atoms in total. The van der Waals surface area contributed by atoms with Crippen molar-refractivity contribution in [3.8, 4) is 0 Å². The summed E-state index contributed by atoms with van der Waals surface area (Å²) in [5.74, 6) is 0. The zero-order valence-corrected chi connectivity index (χ0v) is 10.8. The van der Waals surface area contributed by atoms with E-state index in [2.05, 4.69) is 31.9 Å². The fourth-order valence-electron chi connectivity index (χ4n) is 0.842. The summed E-state index contributed by atoms with van der Waals surface area (Å²) in [6, 6.07) is 4.69. The van der Waals surface area contributed by atoms with Crippen LogP contribution in [0.2, 0.25) is 0 Å². The van der Waals surface area contributed by atoms with Crippen molar-refractivity contribution >= 4 is 44.4 Å². The molecule has 1 aromatic carbocycles. The van der Waals surface area contributed by atoms with Crippen molar-refractivity contribution in [2.45, 2.75) is 0 Å². The predicted molar refractivity (Wildman–Crippen MR) is 61.0 cm³/mol. The molecule has 1 rings (SSSR count). The Morgan fingerprint density at radius 1 is 1.00 bits per heavy atom. The van der Waals surface area contributed by atoms with Gasteiger partial charge < -0.3 is 0 Å². The third kappa shape index (κ3) is 3.27.